The smallest absolute Gasteiger partial charge is 1.00 e. The Kier molecular flexibility index (Phi) is 12.6. The summed E-state index contributed by atoms with van der Waals surface area (Å²) in [5, 5.41) is 0. The number of esters is 2. The largest absolute Gasteiger partial charge is 1.00 e. The van der Waals surface area contributed by atoms with Crippen molar-refractivity contribution in [2.45, 2.75) is 46.5 Å². The Morgan fingerprint density at radius 2 is 1.93 bits per heavy atom. The zero-order chi connectivity index (χ0) is 10.3. The number of hydrogen-bond acceptors (Lipinski definition) is 3. The van der Waals surface area contributed by atoms with Crippen LogP contribution in [0.4, 0.5) is 0 Å². The molecule has 0 aliphatic heterocycles. The van der Waals surface area contributed by atoms with Crippen molar-refractivity contribution < 1.29 is 67.1 Å². The second kappa shape index (κ2) is 10.3. The molecular weight excluding hydrogens is 207 g/mol. The zero-order valence-corrected chi connectivity index (χ0v) is 12.8. The molecule has 0 aromatic carbocycles. The van der Waals surface area contributed by atoms with Gasteiger partial charge in [-0.1, -0.05) is 26.7 Å². The van der Waals surface area contributed by atoms with Crippen LogP contribution in [0, 0.1) is 5.92 Å². The predicted octanol–water partition coefficient (Wildman–Crippen LogP) is -0.591. The van der Waals surface area contributed by atoms with Crippen molar-refractivity contribution in [2.75, 3.05) is 0 Å². The van der Waals surface area contributed by atoms with Gasteiger partial charge in [-0.15, -0.1) is 0 Å². The van der Waals surface area contributed by atoms with Crippen LogP contribution in [0.1, 0.15) is 47.9 Å². The Morgan fingerprint density at radius 3 is 2.29 bits per heavy atom. The van der Waals surface area contributed by atoms with Gasteiger partial charge < -0.3 is 6.16 Å². The summed E-state index contributed by atoms with van der Waals surface area (Å²) in [5.74, 6) is -0.993. The Morgan fingerprint density at radius 1 is 1.36 bits per heavy atom. The second-order valence-corrected chi connectivity index (χ2v) is 3.16. The minimum atomic E-state index is -0.514. The van der Waals surface area contributed by atoms with Crippen molar-refractivity contribution in [3.63, 3.8) is 0 Å². The first kappa shape index (κ1) is 17.2. The van der Waals surface area contributed by atoms with Gasteiger partial charge in [0.2, 0.25) is 0 Å². The quantitative estimate of drug-likeness (QED) is 0.357. The van der Waals surface area contributed by atoms with E-state index < -0.39 is 5.97 Å². The van der Waals surface area contributed by atoms with Crippen LogP contribution in [0.2, 0.25) is 0 Å². The van der Waals surface area contributed by atoms with Crippen LogP contribution in [0.3, 0.4) is 0 Å². The molecule has 0 aliphatic carbocycles. The SMILES string of the molecule is CCCCC(CC)C(=O)OC(C)=O.[H-].[K+]. The van der Waals surface area contributed by atoms with Crippen LogP contribution < -0.4 is 51.4 Å². The fraction of sp³-hybridized carbons (Fsp3) is 0.800. The summed E-state index contributed by atoms with van der Waals surface area (Å²) < 4.78 is 4.52. The maximum atomic E-state index is 11.2. The zero-order valence-electron chi connectivity index (χ0n) is 10.6. The van der Waals surface area contributed by atoms with Crippen LogP contribution in [-0.2, 0) is 14.3 Å². The molecule has 3 nitrogen and oxygen atoms in total. The van der Waals surface area contributed by atoms with Gasteiger partial charge in [-0.2, -0.15) is 0 Å². The molecule has 78 valence electrons. The molecule has 0 saturated carbocycles. The number of carbonyl (C=O) groups is 2. The molecule has 4 heteroatoms. The first-order valence-corrected chi connectivity index (χ1v) is 4.84. The molecule has 0 aromatic rings. The maximum Gasteiger partial charge on any atom is 1.00 e. The van der Waals surface area contributed by atoms with E-state index in [0.29, 0.717) is 0 Å². The third-order valence-electron chi connectivity index (χ3n) is 1.98. The van der Waals surface area contributed by atoms with Crippen LogP contribution in [0.15, 0.2) is 0 Å². The van der Waals surface area contributed by atoms with E-state index in [2.05, 4.69) is 11.7 Å². The number of ether oxygens (including phenoxy) is 1. The van der Waals surface area contributed by atoms with Gasteiger partial charge in [0.1, 0.15) is 0 Å². The first-order chi connectivity index (χ1) is 6.11. The van der Waals surface area contributed by atoms with Gasteiger partial charge >= 0.3 is 63.3 Å². The summed E-state index contributed by atoms with van der Waals surface area (Å²) >= 11 is 0. The molecule has 0 aromatic heterocycles. The molecule has 0 radical (unpaired) electrons. The summed E-state index contributed by atoms with van der Waals surface area (Å²) in [6.45, 7) is 5.26. The normalized spacial score (nSPS) is 11.4. The van der Waals surface area contributed by atoms with E-state index in [1.54, 1.807) is 0 Å². The molecule has 0 saturated heterocycles. The molecule has 0 N–H and O–H groups in total. The van der Waals surface area contributed by atoms with E-state index in [1.165, 1.54) is 6.92 Å². The fourth-order valence-corrected chi connectivity index (χ4v) is 1.16. The van der Waals surface area contributed by atoms with E-state index in [0.717, 1.165) is 25.7 Å². The average molecular weight is 226 g/mol. The van der Waals surface area contributed by atoms with E-state index >= 15 is 0 Å². The van der Waals surface area contributed by atoms with Gasteiger partial charge in [0, 0.05) is 6.92 Å². The summed E-state index contributed by atoms with van der Waals surface area (Å²) in [6, 6.07) is 0. The fourth-order valence-electron chi connectivity index (χ4n) is 1.16. The summed E-state index contributed by atoms with van der Waals surface area (Å²) in [4.78, 5) is 21.8. The van der Waals surface area contributed by atoms with Gasteiger partial charge in [0.25, 0.3) is 0 Å². The van der Waals surface area contributed by atoms with Crippen molar-refractivity contribution in [1.29, 1.82) is 0 Å². The molecule has 1 unspecified atom stereocenters. The topological polar surface area (TPSA) is 43.4 Å². The Hall–Kier alpha value is 0.776. The second-order valence-electron chi connectivity index (χ2n) is 3.16. The van der Waals surface area contributed by atoms with Crippen molar-refractivity contribution in [3.05, 3.63) is 0 Å². The number of hydrogen-bond donors (Lipinski definition) is 0. The summed E-state index contributed by atoms with van der Waals surface area (Å²) in [5.41, 5.74) is 0. The molecule has 0 bridgehead atoms. The molecule has 14 heavy (non-hydrogen) atoms. The van der Waals surface area contributed by atoms with Crippen molar-refractivity contribution >= 4 is 11.9 Å². The van der Waals surface area contributed by atoms with Crippen molar-refractivity contribution in [3.8, 4) is 0 Å². The third kappa shape index (κ3) is 8.12. The average Bonchev–Trinajstić information content (AvgIpc) is 2.04. The van der Waals surface area contributed by atoms with E-state index in [4.69, 9.17) is 0 Å². The van der Waals surface area contributed by atoms with Gasteiger partial charge in [0.05, 0.1) is 5.92 Å². The van der Waals surface area contributed by atoms with E-state index in [9.17, 15) is 9.59 Å². The van der Waals surface area contributed by atoms with Crippen LogP contribution >= 0.6 is 0 Å². The van der Waals surface area contributed by atoms with Gasteiger partial charge in [-0.3, -0.25) is 9.59 Å². The first-order valence-electron chi connectivity index (χ1n) is 4.84. The Balaban J connectivity index is -0.000000720. The number of carbonyl (C=O) groups excluding carboxylic acids is 2. The molecule has 0 rings (SSSR count). The Bertz CT molecular complexity index is 186. The maximum absolute atomic E-state index is 11.2. The molecule has 1 atom stereocenters. The van der Waals surface area contributed by atoms with Crippen LogP contribution in [-0.4, -0.2) is 11.9 Å². The molecule has 0 aliphatic rings. The van der Waals surface area contributed by atoms with Gasteiger partial charge in [-0.25, -0.2) is 0 Å². The van der Waals surface area contributed by atoms with Gasteiger partial charge in [0.15, 0.2) is 0 Å². The predicted molar refractivity (Wildman–Crippen MR) is 51.2 cm³/mol. The number of unbranched alkanes of at least 4 members (excludes halogenated alkanes) is 1. The van der Waals surface area contributed by atoms with E-state index in [1.807, 2.05) is 6.92 Å². The minimum Gasteiger partial charge on any atom is -1.00 e. The molecule has 0 amide bonds. The standard InChI is InChI=1S/C10H18O3.K.H/c1-4-6-7-9(5-2)10(12)13-8(3)11;;/h9H,4-7H2,1-3H3;;/q;+1;-1. The van der Waals surface area contributed by atoms with Crippen molar-refractivity contribution in [1.82, 2.24) is 0 Å². The third-order valence-corrected chi connectivity index (χ3v) is 1.98. The monoisotopic (exact) mass is 226 g/mol. The molecule has 0 heterocycles. The minimum absolute atomic E-state index is 0. The number of rotatable bonds is 5. The van der Waals surface area contributed by atoms with Gasteiger partial charge in [-0.05, 0) is 12.8 Å². The summed E-state index contributed by atoms with van der Waals surface area (Å²) in [6.07, 6.45) is 3.63. The molecular formula is C10H19KO3. The Labute approximate surface area is 130 Å². The molecule has 0 fully saturated rings. The molecule has 0 spiro atoms. The van der Waals surface area contributed by atoms with Crippen LogP contribution in [0.25, 0.3) is 0 Å². The summed E-state index contributed by atoms with van der Waals surface area (Å²) in [7, 11) is 0. The van der Waals surface area contributed by atoms with Crippen LogP contribution in [0.5, 0.6) is 0 Å². The van der Waals surface area contributed by atoms with Crippen molar-refractivity contribution in [2.24, 2.45) is 5.92 Å². The van der Waals surface area contributed by atoms with E-state index in [-0.39, 0.29) is 64.7 Å².